The van der Waals surface area contributed by atoms with E-state index in [1.807, 2.05) is 0 Å². The maximum atomic E-state index is 12.5. The largest absolute Gasteiger partial charge is 0.449 e. The van der Waals surface area contributed by atoms with Crippen molar-refractivity contribution in [2.45, 2.75) is 31.7 Å². The van der Waals surface area contributed by atoms with Crippen molar-refractivity contribution in [3.63, 3.8) is 0 Å². The zero-order chi connectivity index (χ0) is 23.9. The van der Waals surface area contributed by atoms with Gasteiger partial charge in [0.15, 0.2) is 0 Å². The molecule has 11 heteroatoms. The third-order valence-corrected chi connectivity index (χ3v) is 5.83. The van der Waals surface area contributed by atoms with Crippen LogP contribution in [0.1, 0.15) is 20.8 Å². The predicted molar refractivity (Wildman–Crippen MR) is 121 cm³/mol. The van der Waals surface area contributed by atoms with Crippen molar-refractivity contribution in [1.29, 1.82) is 0 Å². The molecule has 0 spiro atoms. The molecule has 0 aromatic heterocycles. The van der Waals surface area contributed by atoms with Crippen molar-refractivity contribution in [2.24, 2.45) is 0 Å². The number of anilines is 3. The summed E-state index contributed by atoms with van der Waals surface area (Å²) in [5.41, 5.74) is 1.46. The van der Waals surface area contributed by atoms with Crippen LogP contribution in [0.2, 0.25) is 0 Å². The smallest absolute Gasteiger partial charge is 0.413 e. The van der Waals surface area contributed by atoms with Gasteiger partial charge in [-0.25, -0.2) is 13.2 Å². The van der Waals surface area contributed by atoms with E-state index >= 15 is 0 Å². The van der Waals surface area contributed by atoms with Crippen molar-refractivity contribution < 1.29 is 27.5 Å². The SMILES string of the molecule is CCOC(=O)N(C)c1ccc(NC(=O)[C@H](C)NS(=O)(=O)c2ccc(NC(C)=O)cc2)cc1. The molecule has 3 N–H and O–H groups in total. The Kier molecular flexibility index (Phi) is 8.33. The van der Waals surface area contributed by atoms with Gasteiger partial charge in [-0.3, -0.25) is 14.5 Å². The Morgan fingerprint density at radius 1 is 0.969 bits per heavy atom. The first kappa shape index (κ1) is 24.8. The summed E-state index contributed by atoms with van der Waals surface area (Å²) in [5.74, 6) is -0.834. The van der Waals surface area contributed by atoms with E-state index in [4.69, 9.17) is 4.74 Å². The molecular formula is C21H26N4O6S. The third-order valence-electron chi connectivity index (χ3n) is 4.27. The average Bonchev–Trinajstić information content (AvgIpc) is 2.73. The van der Waals surface area contributed by atoms with E-state index in [1.54, 1.807) is 38.2 Å². The van der Waals surface area contributed by atoms with Gasteiger partial charge in [0.25, 0.3) is 0 Å². The molecule has 0 heterocycles. The van der Waals surface area contributed by atoms with Gasteiger partial charge >= 0.3 is 6.09 Å². The number of nitrogens with one attached hydrogen (secondary N) is 3. The van der Waals surface area contributed by atoms with Crippen LogP contribution in [0.5, 0.6) is 0 Å². The lowest BCUT2D eigenvalue weighted by molar-refractivity contribution is -0.117. The Morgan fingerprint density at radius 2 is 1.50 bits per heavy atom. The summed E-state index contributed by atoms with van der Waals surface area (Å²) in [6, 6.07) is 10.9. The van der Waals surface area contributed by atoms with E-state index in [0.717, 1.165) is 0 Å². The number of carbonyl (C=O) groups excluding carboxylic acids is 3. The molecule has 172 valence electrons. The van der Waals surface area contributed by atoms with Crippen LogP contribution in [0.15, 0.2) is 53.4 Å². The monoisotopic (exact) mass is 462 g/mol. The van der Waals surface area contributed by atoms with Gasteiger partial charge in [0.2, 0.25) is 21.8 Å². The summed E-state index contributed by atoms with van der Waals surface area (Å²) in [7, 11) is -2.40. The zero-order valence-electron chi connectivity index (χ0n) is 18.2. The highest BCUT2D eigenvalue weighted by Crippen LogP contribution is 2.18. The van der Waals surface area contributed by atoms with Gasteiger partial charge in [-0.05, 0) is 62.4 Å². The lowest BCUT2D eigenvalue weighted by atomic mass is 10.2. The third kappa shape index (κ3) is 6.79. The molecule has 1 atom stereocenters. The summed E-state index contributed by atoms with van der Waals surface area (Å²) < 4.78 is 32.3. The molecule has 0 aliphatic rings. The first-order valence-corrected chi connectivity index (χ1v) is 11.2. The highest BCUT2D eigenvalue weighted by molar-refractivity contribution is 7.89. The van der Waals surface area contributed by atoms with E-state index in [0.29, 0.717) is 17.1 Å². The number of benzene rings is 2. The van der Waals surface area contributed by atoms with Crippen molar-refractivity contribution in [3.8, 4) is 0 Å². The van der Waals surface area contributed by atoms with E-state index in [1.165, 1.54) is 43.0 Å². The van der Waals surface area contributed by atoms with E-state index in [9.17, 15) is 22.8 Å². The molecular weight excluding hydrogens is 436 g/mol. The fraction of sp³-hybridized carbons (Fsp3) is 0.286. The summed E-state index contributed by atoms with van der Waals surface area (Å²) in [4.78, 5) is 36.5. The second-order valence-corrected chi connectivity index (χ2v) is 8.56. The molecule has 0 saturated heterocycles. The first-order chi connectivity index (χ1) is 15.0. The molecule has 2 rings (SSSR count). The highest BCUT2D eigenvalue weighted by atomic mass is 32.2. The number of hydrogen-bond acceptors (Lipinski definition) is 6. The Hall–Kier alpha value is -3.44. The van der Waals surface area contributed by atoms with E-state index in [2.05, 4.69) is 15.4 Å². The first-order valence-electron chi connectivity index (χ1n) is 9.75. The van der Waals surface area contributed by atoms with Crippen molar-refractivity contribution in [2.75, 3.05) is 29.2 Å². The molecule has 3 amide bonds. The van der Waals surface area contributed by atoms with Gasteiger partial charge in [-0.2, -0.15) is 4.72 Å². The van der Waals surface area contributed by atoms with E-state index < -0.39 is 28.1 Å². The quantitative estimate of drug-likeness (QED) is 0.552. The van der Waals surface area contributed by atoms with Crippen LogP contribution >= 0.6 is 0 Å². The van der Waals surface area contributed by atoms with E-state index in [-0.39, 0.29) is 17.4 Å². The molecule has 2 aromatic carbocycles. The molecule has 10 nitrogen and oxygen atoms in total. The minimum Gasteiger partial charge on any atom is -0.449 e. The van der Waals surface area contributed by atoms with Gasteiger partial charge in [0.05, 0.1) is 17.5 Å². The Bertz CT molecular complexity index is 1070. The molecule has 0 radical (unpaired) electrons. The van der Waals surface area contributed by atoms with Crippen LogP contribution < -0.4 is 20.3 Å². The van der Waals surface area contributed by atoms with Gasteiger partial charge in [-0.1, -0.05) is 0 Å². The lowest BCUT2D eigenvalue weighted by Gasteiger charge is -2.18. The fourth-order valence-corrected chi connectivity index (χ4v) is 3.82. The van der Waals surface area contributed by atoms with Gasteiger partial charge in [-0.15, -0.1) is 0 Å². The van der Waals surface area contributed by atoms with Crippen molar-refractivity contribution in [1.82, 2.24) is 4.72 Å². The normalized spacial score (nSPS) is 11.9. The highest BCUT2D eigenvalue weighted by Gasteiger charge is 2.22. The van der Waals surface area contributed by atoms with Gasteiger partial charge in [0.1, 0.15) is 0 Å². The molecule has 0 fully saturated rings. The fourth-order valence-electron chi connectivity index (χ4n) is 2.62. The second kappa shape index (κ2) is 10.7. The predicted octanol–water partition coefficient (Wildman–Crippen LogP) is 2.54. The maximum absolute atomic E-state index is 12.5. The summed E-state index contributed by atoms with van der Waals surface area (Å²) in [6.07, 6.45) is -0.502. The minimum atomic E-state index is -3.96. The minimum absolute atomic E-state index is 0.0439. The summed E-state index contributed by atoms with van der Waals surface area (Å²) in [5, 5.41) is 5.16. The van der Waals surface area contributed by atoms with Crippen LogP contribution in [0, 0.1) is 0 Å². The molecule has 0 aliphatic carbocycles. The maximum Gasteiger partial charge on any atom is 0.413 e. The Labute approximate surface area is 187 Å². The topological polar surface area (TPSA) is 134 Å². The van der Waals surface area contributed by atoms with Gasteiger partial charge < -0.3 is 15.4 Å². The van der Waals surface area contributed by atoms with Crippen molar-refractivity contribution in [3.05, 3.63) is 48.5 Å². The number of ether oxygens (including phenoxy) is 1. The molecule has 0 aliphatic heterocycles. The van der Waals surface area contributed by atoms with Gasteiger partial charge in [0, 0.05) is 31.0 Å². The number of amides is 3. The number of nitrogens with zero attached hydrogens (tertiary/aromatic N) is 1. The Balaban J connectivity index is 2.00. The van der Waals surface area contributed by atoms with Crippen LogP contribution in [-0.2, 0) is 24.3 Å². The average molecular weight is 463 g/mol. The number of carbonyl (C=O) groups is 3. The molecule has 2 aromatic rings. The van der Waals surface area contributed by atoms with Crippen LogP contribution in [0.3, 0.4) is 0 Å². The number of rotatable bonds is 8. The number of hydrogen-bond donors (Lipinski definition) is 3. The zero-order valence-corrected chi connectivity index (χ0v) is 19.0. The van der Waals surface area contributed by atoms with Crippen LogP contribution in [0.4, 0.5) is 21.9 Å². The molecule has 0 bridgehead atoms. The lowest BCUT2D eigenvalue weighted by Crippen LogP contribution is -2.41. The molecule has 0 saturated carbocycles. The summed E-state index contributed by atoms with van der Waals surface area (Å²) >= 11 is 0. The Morgan fingerprint density at radius 3 is 2.03 bits per heavy atom. The number of sulfonamides is 1. The van der Waals surface area contributed by atoms with Crippen LogP contribution in [0.25, 0.3) is 0 Å². The van der Waals surface area contributed by atoms with Crippen molar-refractivity contribution >= 4 is 45.0 Å². The molecule has 0 unspecified atom stereocenters. The standard InChI is InChI=1S/C21H26N4O6S/c1-5-31-21(28)25(4)18-10-6-17(7-11-18)23-20(27)14(2)24-32(29,30)19-12-8-16(9-13-19)22-15(3)26/h6-14,24H,5H2,1-4H3,(H,22,26)(H,23,27)/t14-/m0/s1. The van der Waals surface area contributed by atoms with Crippen LogP contribution in [-0.4, -0.2) is 46.0 Å². The second-order valence-electron chi connectivity index (χ2n) is 6.84. The molecule has 32 heavy (non-hydrogen) atoms. The summed E-state index contributed by atoms with van der Waals surface area (Å²) in [6.45, 7) is 4.73.